The summed E-state index contributed by atoms with van der Waals surface area (Å²) in [5.74, 6) is 0.709. The van der Waals surface area contributed by atoms with Gasteiger partial charge in [0, 0.05) is 14.1 Å². The number of rotatable bonds is 7. The van der Waals surface area contributed by atoms with Crippen molar-refractivity contribution in [2.45, 2.75) is 6.92 Å². The van der Waals surface area contributed by atoms with Crippen molar-refractivity contribution in [2.24, 2.45) is 5.10 Å². The smallest absolute Gasteiger partial charge is 0.427 e. The molecule has 0 heterocycles. The third kappa shape index (κ3) is 6.07. The molecule has 1 aromatic rings. The third-order valence-electron chi connectivity index (χ3n) is 2.73. The van der Waals surface area contributed by atoms with Gasteiger partial charge in [-0.2, -0.15) is 5.10 Å². The molecule has 0 fully saturated rings. The Hall–Kier alpha value is -2.29. The van der Waals surface area contributed by atoms with Gasteiger partial charge in [0.1, 0.15) is 0 Å². The fourth-order valence-electron chi connectivity index (χ4n) is 1.53. The fraction of sp³-hybridized carbons (Fsp3) is 0.400. The van der Waals surface area contributed by atoms with Crippen LogP contribution < -0.4 is 14.9 Å². The molecule has 0 bridgehead atoms. The monoisotopic (exact) mass is 401 g/mol. The molecule has 1 rings (SSSR count). The van der Waals surface area contributed by atoms with E-state index in [2.05, 4.69) is 31.2 Å². The molecular formula is C15H20BrN3O5. The van der Waals surface area contributed by atoms with Crippen molar-refractivity contribution in [1.82, 2.24) is 10.3 Å². The van der Waals surface area contributed by atoms with Gasteiger partial charge in [-0.05, 0) is 40.5 Å². The van der Waals surface area contributed by atoms with Crippen LogP contribution in [0.25, 0.3) is 0 Å². The van der Waals surface area contributed by atoms with E-state index in [-0.39, 0.29) is 12.5 Å². The first-order chi connectivity index (χ1) is 11.4. The van der Waals surface area contributed by atoms with Gasteiger partial charge in [-0.3, -0.25) is 4.79 Å². The second-order valence-electron chi connectivity index (χ2n) is 4.70. The van der Waals surface area contributed by atoms with Crippen LogP contribution in [0.4, 0.5) is 4.79 Å². The standard InChI is InChI=1S/C15H20BrN3O5/c1-5-23-12-7-10(8-17-18-15(21)22-4)6-11(16)14(12)24-9-13(20)19(2)3/h6-8H,5,9H2,1-4H3,(H,18,21)/b17-8+. The summed E-state index contributed by atoms with van der Waals surface area (Å²) in [6.45, 7) is 2.15. The molecule has 0 saturated carbocycles. The largest absolute Gasteiger partial charge is 0.490 e. The minimum atomic E-state index is -0.669. The van der Waals surface area contributed by atoms with E-state index < -0.39 is 6.09 Å². The summed E-state index contributed by atoms with van der Waals surface area (Å²) in [5, 5.41) is 3.75. The predicted molar refractivity (Wildman–Crippen MR) is 92.6 cm³/mol. The molecule has 0 atom stereocenters. The lowest BCUT2D eigenvalue weighted by atomic mass is 10.2. The van der Waals surface area contributed by atoms with E-state index in [0.29, 0.717) is 28.1 Å². The number of likely N-dealkylation sites (N-methyl/N-ethyl adjacent to an activating group) is 1. The number of nitrogens with zero attached hydrogens (tertiary/aromatic N) is 2. The quantitative estimate of drug-likeness (QED) is 0.557. The molecule has 2 amide bonds. The third-order valence-corrected chi connectivity index (χ3v) is 3.31. The second kappa shape index (κ2) is 9.76. The number of benzene rings is 1. The van der Waals surface area contributed by atoms with Crippen LogP contribution in [0.2, 0.25) is 0 Å². The molecule has 0 aromatic heterocycles. The summed E-state index contributed by atoms with van der Waals surface area (Å²) >= 11 is 3.39. The number of hydrogen-bond donors (Lipinski definition) is 1. The number of hydrazone groups is 1. The Morgan fingerprint density at radius 2 is 2.04 bits per heavy atom. The van der Waals surface area contributed by atoms with Crippen molar-refractivity contribution in [3.05, 3.63) is 22.2 Å². The van der Waals surface area contributed by atoms with Crippen LogP contribution in [0, 0.1) is 0 Å². The Morgan fingerprint density at radius 1 is 1.33 bits per heavy atom. The molecule has 132 valence electrons. The predicted octanol–water partition coefficient (Wildman–Crippen LogP) is 2.00. The molecule has 0 aliphatic rings. The second-order valence-corrected chi connectivity index (χ2v) is 5.56. The molecule has 0 radical (unpaired) electrons. The summed E-state index contributed by atoms with van der Waals surface area (Å²) in [4.78, 5) is 24.1. The number of halogens is 1. The summed E-state index contributed by atoms with van der Waals surface area (Å²) < 4.78 is 16.1. The van der Waals surface area contributed by atoms with E-state index in [9.17, 15) is 9.59 Å². The van der Waals surface area contributed by atoms with Crippen molar-refractivity contribution in [2.75, 3.05) is 34.4 Å². The van der Waals surface area contributed by atoms with Crippen molar-refractivity contribution in [3.63, 3.8) is 0 Å². The average molecular weight is 402 g/mol. The molecule has 0 saturated heterocycles. The van der Waals surface area contributed by atoms with Crippen LogP contribution in [0.5, 0.6) is 11.5 Å². The lowest BCUT2D eigenvalue weighted by Gasteiger charge is -2.16. The Bertz CT molecular complexity index is 619. The highest BCUT2D eigenvalue weighted by molar-refractivity contribution is 9.10. The zero-order valence-corrected chi connectivity index (χ0v) is 15.5. The first kappa shape index (κ1) is 19.8. The lowest BCUT2D eigenvalue weighted by molar-refractivity contribution is -0.130. The summed E-state index contributed by atoms with van der Waals surface area (Å²) in [5.41, 5.74) is 2.85. The number of hydrogen-bond acceptors (Lipinski definition) is 6. The van der Waals surface area contributed by atoms with Crippen LogP contribution in [0.3, 0.4) is 0 Å². The van der Waals surface area contributed by atoms with E-state index in [1.807, 2.05) is 6.92 Å². The SMILES string of the molecule is CCOc1cc(/C=N/NC(=O)OC)cc(Br)c1OCC(=O)N(C)C. The topological polar surface area (TPSA) is 89.5 Å². The maximum absolute atomic E-state index is 11.7. The maximum atomic E-state index is 11.7. The first-order valence-corrected chi connectivity index (χ1v) is 7.84. The number of amides is 2. The number of ether oxygens (including phenoxy) is 3. The molecule has 1 N–H and O–H groups in total. The zero-order valence-electron chi connectivity index (χ0n) is 14.0. The van der Waals surface area contributed by atoms with Gasteiger partial charge in [0.15, 0.2) is 18.1 Å². The Labute approximate surface area is 148 Å². The minimum absolute atomic E-state index is 0.108. The molecule has 9 heteroatoms. The first-order valence-electron chi connectivity index (χ1n) is 7.05. The van der Waals surface area contributed by atoms with Crippen molar-refractivity contribution >= 4 is 34.1 Å². The van der Waals surface area contributed by atoms with Gasteiger partial charge in [0.2, 0.25) is 0 Å². The number of methoxy groups -OCH3 is 1. The van der Waals surface area contributed by atoms with Crippen LogP contribution in [-0.2, 0) is 9.53 Å². The summed E-state index contributed by atoms with van der Waals surface area (Å²) in [7, 11) is 4.55. The van der Waals surface area contributed by atoms with Crippen molar-refractivity contribution in [3.8, 4) is 11.5 Å². The van der Waals surface area contributed by atoms with E-state index >= 15 is 0 Å². The highest BCUT2D eigenvalue weighted by atomic mass is 79.9. The van der Waals surface area contributed by atoms with Crippen LogP contribution in [-0.4, -0.2) is 57.5 Å². The molecule has 1 aromatic carbocycles. The Morgan fingerprint density at radius 3 is 2.62 bits per heavy atom. The average Bonchev–Trinajstić information content (AvgIpc) is 2.53. The van der Waals surface area contributed by atoms with Gasteiger partial charge in [-0.25, -0.2) is 10.2 Å². The van der Waals surface area contributed by atoms with Crippen molar-refractivity contribution < 1.29 is 23.8 Å². The van der Waals surface area contributed by atoms with Gasteiger partial charge >= 0.3 is 6.09 Å². The molecule has 24 heavy (non-hydrogen) atoms. The summed E-state index contributed by atoms with van der Waals surface area (Å²) in [6, 6.07) is 3.41. The van der Waals surface area contributed by atoms with Gasteiger partial charge in [-0.15, -0.1) is 0 Å². The van der Waals surface area contributed by atoms with Gasteiger partial charge in [0.05, 0.1) is 24.4 Å². The van der Waals surface area contributed by atoms with Gasteiger partial charge in [0.25, 0.3) is 5.91 Å². The Balaban J connectivity index is 2.96. The molecule has 0 unspecified atom stereocenters. The number of carbonyl (C=O) groups excluding carboxylic acids is 2. The van der Waals surface area contributed by atoms with E-state index in [0.717, 1.165) is 0 Å². The Kier molecular flexibility index (Phi) is 8.03. The van der Waals surface area contributed by atoms with Gasteiger partial charge < -0.3 is 19.1 Å². The molecule has 0 aliphatic carbocycles. The number of carbonyl (C=O) groups is 2. The summed E-state index contributed by atoms with van der Waals surface area (Å²) in [6.07, 6.45) is 0.761. The molecular weight excluding hydrogens is 382 g/mol. The van der Waals surface area contributed by atoms with E-state index in [1.54, 1.807) is 26.2 Å². The van der Waals surface area contributed by atoms with E-state index in [4.69, 9.17) is 9.47 Å². The normalized spacial score (nSPS) is 10.4. The number of nitrogens with one attached hydrogen (secondary N) is 1. The molecule has 0 spiro atoms. The minimum Gasteiger partial charge on any atom is -0.490 e. The highest BCUT2D eigenvalue weighted by Gasteiger charge is 2.14. The molecule has 8 nitrogen and oxygen atoms in total. The maximum Gasteiger partial charge on any atom is 0.427 e. The highest BCUT2D eigenvalue weighted by Crippen LogP contribution is 2.36. The fourth-order valence-corrected chi connectivity index (χ4v) is 2.11. The van der Waals surface area contributed by atoms with Gasteiger partial charge in [-0.1, -0.05) is 0 Å². The molecule has 0 aliphatic heterocycles. The van der Waals surface area contributed by atoms with Crippen LogP contribution in [0.15, 0.2) is 21.7 Å². The van der Waals surface area contributed by atoms with E-state index in [1.165, 1.54) is 18.2 Å². The lowest BCUT2D eigenvalue weighted by Crippen LogP contribution is -2.27. The van der Waals surface area contributed by atoms with Crippen molar-refractivity contribution in [1.29, 1.82) is 0 Å². The zero-order chi connectivity index (χ0) is 18.1. The van der Waals surface area contributed by atoms with Crippen LogP contribution >= 0.6 is 15.9 Å². The van der Waals surface area contributed by atoms with Crippen LogP contribution in [0.1, 0.15) is 12.5 Å².